The van der Waals surface area contributed by atoms with Gasteiger partial charge in [-0.3, -0.25) is 10.2 Å². The Morgan fingerprint density at radius 3 is 2.45 bits per heavy atom. The first-order chi connectivity index (χ1) is 13.9. The van der Waals surface area contributed by atoms with Gasteiger partial charge in [0, 0.05) is 5.56 Å². The highest BCUT2D eigenvalue weighted by atomic mass is 35.5. The SMILES string of the molecule is O=c1c2cccc(/C=N\Nc3ccccc3Cl)c2oc2c(Cl)c(O)c(Cl)c(O)c12. The quantitative estimate of drug-likeness (QED) is 0.210. The normalized spacial score (nSPS) is 11.6. The van der Waals surface area contributed by atoms with Crippen LogP contribution in [0.4, 0.5) is 5.69 Å². The third kappa shape index (κ3) is 3.25. The number of nitrogens with one attached hydrogen (secondary N) is 1. The van der Waals surface area contributed by atoms with Crippen molar-refractivity contribution in [3.8, 4) is 11.5 Å². The lowest BCUT2D eigenvalue weighted by atomic mass is 10.1. The lowest BCUT2D eigenvalue weighted by Gasteiger charge is -2.09. The zero-order valence-corrected chi connectivity index (χ0v) is 16.7. The molecule has 1 aromatic heterocycles. The molecule has 0 amide bonds. The van der Waals surface area contributed by atoms with Gasteiger partial charge >= 0.3 is 0 Å². The average Bonchev–Trinajstić information content (AvgIpc) is 2.72. The van der Waals surface area contributed by atoms with Crippen LogP contribution in [-0.4, -0.2) is 16.4 Å². The second-order valence-corrected chi connectivity index (χ2v) is 7.20. The van der Waals surface area contributed by atoms with E-state index in [1.165, 1.54) is 12.3 Å². The van der Waals surface area contributed by atoms with Gasteiger partial charge in [0.25, 0.3) is 0 Å². The van der Waals surface area contributed by atoms with Crippen molar-refractivity contribution in [1.82, 2.24) is 0 Å². The Morgan fingerprint density at radius 1 is 0.931 bits per heavy atom. The second kappa shape index (κ2) is 7.48. The number of hydrazone groups is 1. The molecule has 0 radical (unpaired) electrons. The number of phenols is 2. The summed E-state index contributed by atoms with van der Waals surface area (Å²) in [5.74, 6) is -1.17. The molecule has 146 valence electrons. The van der Waals surface area contributed by atoms with Gasteiger partial charge < -0.3 is 14.6 Å². The summed E-state index contributed by atoms with van der Waals surface area (Å²) in [5, 5.41) is 24.1. The number of phenolic OH excluding ortho intramolecular Hbond substituents is 2. The Morgan fingerprint density at radius 2 is 1.69 bits per heavy atom. The molecular formula is C20H11Cl3N2O4. The van der Waals surface area contributed by atoms with Crippen LogP contribution in [0.15, 0.2) is 56.8 Å². The van der Waals surface area contributed by atoms with Gasteiger partial charge in [-0.25, -0.2) is 0 Å². The van der Waals surface area contributed by atoms with Crippen LogP contribution in [0.5, 0.6) is 11.5 Å². The van der Waals surface area contributed by atoms with Gasteiger partial charge in [0.15, 0.2) is 17.1 Å². The van der Waals surface area contributed by atoms with Gasteiger partial charge in [-0.2, -0.15) is 5.10 Å². The van der Waals surface area contributed by atoms with Gasteiger partial charge in [0.05, 0.1) is 22.3 Å². The number of hydrogen-bond acceptors (Lipinski definition) is 6. The number of halogens is 3. The van der Waals surface area contributed by atoms with Crippen molar-refractivity contribution in [2.75, 3.05) is 5.43 Å². The summed E-state index contributed by atoms with van der Waals surface area (Å²) in [6.07, 6.45) is 1.45. The molecule has 0 aliphatic carbocycles. The number of rotatable bonds is 3. The van der Waals surface area contributed by atoms with Crippen LogP contribution >= 0.6 is 34.8 Å². The fourth-order valence-electron chi connectivity index (χ4n) is 2.86. The van der Waals surface area contributed by atoms with E-state index in [1.54, 1.807) is 36.4 Å². The molecule has 4 rings (SSSR count). The molecule has 9 heteroatoms. The van der Waals surface area contributed by atoms with Crippen LogP contribution < -0.4 is 10.9 Å². The number of fused-ring (bicyclic) bond motifs is 2. The Kier molecular flexibility index (Phi) is 5.00. The predicted molar refractivity (Wildman–Crippen MR) is 116 cm³/mol. The van der Waals surface area contributed by atoms with Crippen molar-refractivity contribution in [3.63, 3.8) is 0 Å². The first-order valence-corrected chi connectivity index (χ1v) is 9.35. The number of aromatic hydroxyl groups is 2. The molecule has 0 aliphatic heterocycles. The summed E-state index contributed by atoms with van der Waals surface area (Å²) < 4.78 is 5.78. The molecule has 0 atom stereocenters. The highest BCUT2D eigenvalue weighted by molar-refractivity contribution is 6.42. The Balaban J connectivity index is 1.90. The highest BCUT2D eigenvalue weighted by Gasteiger charge is 2.22. The minimum Gasteiger partial charge on any atom is -0.505 e. The number of anilines is 1. The van der Waals surface area contributed by atoms with Gasteiger partial charge in [-0.05, 0) is 24.3 Å². The second-order valence-electron chi connectivity index (χ2n) is 6.03. The molecule has 29 heavy (non-hydrogen) atoms. The van der Waals surface area contributed by atoms with Crippen LogP contribution in [0.25, 0.3) is 21.9 Å². The van der Waals surface area contributed by atoms with Gasteiger partial charge in [-0.15, -0.1) is 0 Å². The van der Waals surface area contributed by atoms with Crippen LogP contribution in [0.2, 0.25) is 15.1 Å². The maximum atomic E-state index is 12.9. The zero-order valence-electron chi connectivity index (χ0n) is 14.4. The van der Waals surface area contributed by atoms with E-state index in [-0.39, 0.29) is 27.0 Å². The first-order valence-electron chi connectivity index (χ1n) is 8.22. The van der Waals surface area contributed by atoms with E-state index in [2.05, 4.69) is 10.5 Å². The lowest BCUT2D eigenvalue weighted by molar-refractivity contribution is 0.453. The fraction of sp³-hybridized carbons (Fsp3) is 0. The summed E-state index contributed by atoms with van der Waals surface area (Å²) in [4.78, 5) is 12.9. The molecule has 0 saturated heterocycles. The van der Waals surface area contributed by atoms with Crippen molar-refractivity contribution in [2.45, 2.75) is 0 Å². The molecule has 3 N–H and O–H groups in total. The number of benzene rings is 3. The third-order valence-corrected chi connectivity index (χ3v) is 5.31. The predicted octanol–water partition coefficient (Wildman–Crippen LogP) is 5.76. The van der Waals surface area contributed by atoms with Crippen LogP contribution in [0, 0.1) is 0 Å². The van der Waals surface area contributed by atoms with E-state index in [1.807, 2.05) is 0 Å². The van der Waals surface area contributed by atoms with Crippen molar-refractivity contribution in [2.24, 2.45) is 5.10 Å². The van der Waals surface area contributed by atoms with Crippen molar-refractivity contribution in [1.29, 1.82) is 0 Å². The monoisotopic (exact) mass is 448 g/mol. The van der Waals surface area contributed by atoms with E-state index in [0.29, 0.717) is 16.3 Å². The molecule has 1 heterocycles. The Labute approximate surface area is 178 Å². The molecule has 0 unspecified atom stereocenters. The molecule has 6 nitrogen and oxygen atoms in total. The molecule has 0 saturated carbocycles. The molecule has 0 fully saturated rings. The maximum Gasteiger partial charge on any atom is 0.204 e. The smallest absolute Gasteiger partial charge is 0.204 e. The van der Waals surface area contributed by atoms with Crippen molar-refractivity contribution < 1.29 is 14.6 Å². The van der Waals surface area contributed by atoms with E-state index >= 15 is 0 Å². The van der Waals surface area contributed by atoms with Crippen LogP contribution in [0.3, 0.4) is 0 Å². The van der Waals surface area contributed by atoms with Gasteiger partial charge in [0.1, 0.15) is 21.0 Å². The fourth-order valence-corrected chi connectivity index (χ4v) is 3.50. The Hall–Kier alpha value is -2.93. The van der Waals surface area contributed by atoms with E-state index < -0.39 is 22.0 Å². The number of hydrogen-bond donors (Lipinski definition) is 3. The number of nitrogens with zero attached hydrogens (tertiary/aromatic N) is 1. The zero-order chi connectivity index (χ0) is 20.7. The molecule has 0 bridgehead atoms. The molecular weight excluding hydrogens is 439 g/mol. The molecule has 4 aromatic rings. The minimum atomic E-state index is -0.598. The molecule has 0 spiro atoms. The van der Waals surface area contributed by atoms with Gasteiger partial charge in [-0.1, -0.05) is 53.0 Å². The summed E-state index contributed by atoms with van der Waals surface area (Å²) in [7, 11) is 0. The summed E-state index contributed by atoms with van der Waals surface area (Å²) in [5.41, 5.74) is 3.33. The topological polar surface area (TPSA) is 95.1 Å². The van der Waals surface area contributed by atoms with Crippen molar-refractivity contribution >= 4 is 68.6 Å². The summed E-state index contributed by atoms with van der Waals surface area (Å²) >= 11 is 18.0. The summed E-state index contributed by atoms with van der Waals surface area (Å²) in [6.45, 7) is 0. The molecule has 0 aliphatic rings. The lowest BCUT2D eigenvalue weighted by Crippen LogP contribution is -2.04. The van der Waals surface area contributed by atoms with E-state index in [0.717, 1.165) is 0 Å². The maximum absolute atomic E-state index is 12.9. The average molecular weight is 450 g/mol. The third-order valence-electron chi connectivity index (χ3n) is 4.27. The van der Waals surface area contributed by atoms with Gasteiger partial charge in [0.2, 0.25) is 5.43 Å². The van der Waals surface area contributed by atoms with E-state index in [4.69, 9.17) is 39.2 Å². The summed E-state index contributed by atoms with van der Waals surface area (Å²) in [6, 6.07) is 11.9. The highest BCUT2D eigenvalue weighted by Crippen LogP contribution is 2.45. The van der Waals surface area contributed by atoms with Crippen molar-refractivity contribution in [3.05, 3.63) is 73.3 Å². The van der Waals surface area contributed by atoms with E-state index in [9.17, 15) is 15.0 Å². The number of para-hydroxylation sites is 2. The van der Waals surface area contributed by atoms with Crippen LogP contribution in [-0.2, 0) is 0 Å². The molecule has 3 aromatic carbocycles. The minimum absolute atomic E-state index is 0.177. The standard InChI is InChI=1S/C20H11Cl3N2O4/c21-11-6-1-2-7-12(11)25-24-8-9-4-3-5-10-16(26)13-17(27)14(22)18(28)15(23)20(13)29-19(9)10/h1-8,25,27-28H/b24-8-. The largest absolute Gasteiger partial charge is 0.505 e. The van der Waals surface area contributed by atoms with Crippen LogP contribution in [0.1, 0.15) is 5.56 Å². The first kappa shape index (κ1) is 19.4. The Bertz CT molecular complexity index is 1370.